The van der Waals surface area contributed by atoms with Gasteiger partial charge < -0.3 is 5.11 Å². The average molecular weight is 284 g/mol. The van der Waals surface area contributed by atoms with Gasteiger partial charge in [0.25, 0.3) is 0 Å². The molecule has 1 fully saturated rings. The number of amides is 2. The third kappa shape index (κ3) is 2.35. The number of nitrogens with one attached hydrogen (secondary N) is 1. The third-order valence-corrected chi connectivity index (χ3v) is 3.56. The Kier molecular flexibility index (Phi) is 3.13. The molecule has 1 aromatic carbocycles. The molecule has 0 aliphatic carbocycles. The van der Waals surface area contributed by atoms with E-state index in [9.17, 15) is 19.5 Å². The first-order chi connectivity index (χ1) is 10.1. The maximum Gasteiger partial charge on any atom is 0.336 e. The number of carbonyl (C=O) groups is 3. The predicted molar refractivity (Wildman–Crippen MR) is 73.8 cm³/mol. The molecule has 6 heteroatoms. The quantitative estimate of drug-likeness (QED) is 0.814. The van der Waals surface area contributed by atoms with Crippen LogP contribution in [-0.4, -0.2) is 27.9 Å². The number of para-hydroxylation sites is 1. The number of hydrogen-bond donors (Lipinski definition) is 2. The summed E-state index contributed by atoms with van der Waals surface area (Å²) in [5.74, 6) is -2.39. The molecule has 2 N–H and O–H groups in total. The van der Waals surface area contributed by atoms with Gasteiger partial charge in [-0.05, 0) is 18.6 Å². The molecule has 2 amide bonds. The summed E-state index contributed by atoms with van der Waals surface area (Å²) in [6.07, 6.45) is 0.572. The van der Waals surface area contributed by atoms with Crippen LogP contribution in [-0.2, 0) is 9.59 Å². The van der Waals surface area contributed by atoms with E-state index in [1.54, 1.807) is 24.3 Å². The van der Waals surface area contributed by atoms with Crippen molar-refractivity contribution in [2.45, 2.75) is 18.8 Å². The van der Waals surface area contributed by atoms with Gasteiger partial charge >= 0.3 is 5.97 Å². The second-order valence-corrected chi connectivity index (χ2v) is 4.92. The summed E-state index contributed by atoms with van der Waals surface area (Å²) in [5.41, 5.74) is 1.02. The van der Waals surface area contributed by atoms with Crippen molar-refractivity contribution in [3.05, 3.63) is 41.6 Å². The summed E-state index contributed by atoms with van der Waals surface area (Å²) in [7, 11) is 0. The summed E-state index contributed by atoms with van der Waals surface area (Å²) in [4.78, 5) is 38.9. The second kappa shape index (κ2) is 4.97. The second-order valence-electron chi connectivity index (χ2n) is 4.92. The van der Waals surface area contributed by atoms with Gasteiger partial charge in [0.2, 0.25) is 11.8 Å². The zero-order chi connectivity index (χ0) is 15.0. The van der Waals surface area contributed by atoms with E-state index in [-0.39, 0.29) is 17.9 Å². The van der Waals surface area contributed by atoms with E-state index in [1.807, 2.05) is 0 Å². The fourth-order valence-electron chi connectivity index (χ4n) is 2.53. The summed E-state index contributed by atoms with van der Waals surface area (Å²) >= 11 is 0. The molecule has 1 aliphatic rings. The van der Waals surface area contributed by atoms with Gasteiger partial charge in [0, 0.05) is 11.8 Å². The molecule has 1 aromatic heterocycles. The molecule has 106 valence electrons. The van der Waals surface area contributed by atoms with E-state index in [2.05, 4.69) is 10.3 Å². The minimum Gasteiger partial charge on any atom is -0.478 e. The average Bonchev–Trinajstić information content (AvgIpc) is 2.46. The Hall–Kier alpha value is -2.76. The van der Waals surface area contributed by atoms with E-state index in [4.69, 9.17) is 0 Å². The zero-order valence-electron chi connectivity index (χ0n) is 11.0. The van der Waals surface area contributed by atoms with Crippen LogP contribution in [0.4, 0.5) is 0 Å². The Balaban J connectivity index is 2.13. The monoisotopic (exact) mass is 284 g/mol. The number of rotatable bonds is 2. The number of carboxylic acids is 1. The van der Waals surface area contributed by atoms with E-state index >= 15 is 0 Å². The highest BCUT2D eigenvalue weighted by Gasteiger charge is 2.30. The van der Waals surface area contributed by atoms with Crippen LogP contribution in [0.2, 0.25) is 0 Å². The van der Waals surface area contributed by atoms with Crippen molar-refractivity contribution in [2.75, 3.05) is 0 Å². The van der Waals surface area contributed by atoms with Crippen molar-refractivity contribution in [2.24, 2.45) is 0 Å². The molecule has 1 saturated heterocycles. The number of nitrogens with zero attached hydrogens (tertiary/aromatic N) is 1. The molecule has 0 spiro atoms. The number of aromatic nitrogens is 1. The van der Waals surface area contributed by atoms with Gasteiger partial charge in [0.05, 0.1) is 22.7 Å². The van der Waals surface area contributed by atoms with Crippen LogP contribution in [0.5, 0.6) is 0 Å². The number of aromatic carboxylic acids is 1. The summed E-state index contributed by atoms with van der Waals surface area (Å²) in [6.45, 7) is 0. The molecule has 0 bridgehead atoms. The molecule has 21 heavy (non-hydrogen) atoms. The highest BCUT2D eigenvalue weighted by Crippen LogP contribution is 2.27. The van der Waals surface area contributed by atoms with Crippen LogP contribution in [0.25, 0.3) is 10.9 Å². The van der Waals surface area contributed by atoms with Crippen LogP contribution in [0, 0.1) is 0 Å². The number of hydrogen-bond acceptors (Lipinski definition) is 4. The lowest BCUT2D eigenvalue weighted by Gasteiger charge is -2.21. The van der Waals surface area contributed by atoms with Crippen molar-refractivity contribution >= 4 is 28.7 Å². The normalized spacial score (nSPS) is 18.6. The van der Waals surface area contributed by atoms with Gasteiger partial charge in [-0.3, -0.25) is 19.9 Å². The Bertz CT molecular complexity index is 769. The Labute approximate surface area is 119 Å². The third-order valence-electron chi connectivity index (χ3n) is 3.56. The smallest absolute Gasteiger partial charge is 0.336 e. The van der Waals surface area contributed by atoms with Gasteiger partial charge in [-0.25, -0.2) is 4.79 Å². The van der Waals surface area contributed by atoms with Crippen LogP contribution in [0.1, 0.15) is 34.8 Å². The van der Waals surface area contributed by atoms with Crippen LogP contribution >= 0.6 is 0 Å². The topological polar surface area (TPSA) is 96.4 Å². The number of imide groups is 1. The first-order valence-electron chi connectivity index (χ1n) is 6.53. The molecule has 1 aliphatic heterocycles. The number of carboxylic acid groups (broad SMARTS) is 1. The minimum atomic E-state index is -1.07. The predicted octanol–water partition coefficient (Wildman–Crippen LogP) is 1.45. The molecule has 0 radical (unpaired) electrons. The number of fused-ring (bicyclic) bond motifs is 1. The van der Waals surface area contributed by atoms with Crippen molar-refractivity contribution < 1.29 is 19.5 Å². The molecule has 1 atom stereocenters. The highest BCUT2D eigenvalue weighted by molar-refractivity contribution is 6.04. The molecule has 0 saturated carbocycles. The van der Waals surface area contributed by atoms with Crippen LogP contribution in [0.15, 0.2) is 30.3 Å². The lowest BCUT2D eigenvalue weighted by molar-refractivity contribution is -0.134. The van der Waals surface area contributed by atoms with Gasteiger partial charge in [-0.1, -0.05) is 18.2 Å². The zero-order valence-corrected chi connectivity index (χ0v) is 11.0. The molecule has 1 unspecified atom stereocenters. The SMILES string of the molecule is O=C1CCC(c2cc(C(=O)O)c3ccccc3n2)C(=O)N1. The summed E-state index contributed by atoms with van der Waals surface area (Å²) in [5, 5.41) is 12.1. The fourth-order valence-corrected chi connectivity index (χ4v) is 2.53. The number of carbonyl (C=O) groups excluding carboxylic acids is 2. The highest BCUT2D eigenvalue weighted by atomic mass is 16.4. The maximum atomic E-state index is 11.9. The fraction of sp³-hybridized carbons (Fsp3) is 0.200. The molecule has 2 aromatic rings. The van der Waals surface area contributed by atoms with Crippen molar-refractivity contribution in [1.82, 2.24) is 10.3 Å². The van der Waals surface area contributed by atoms with E-state index < -0.39 is 17.8 Å². The molecular weight excluding hydrogens is 272 g/mol. The lowest BCUT2D eigenvalue weighted by Crippen LogP contribution is -2.39. The largest absolute Gasteiger partial charge is 0.478 e. The van der Waals surface area contributed by atoms with Crippen LogP contribution in [0.3, 0.4) is 0 Å². The summed E-state index contributed by atoms with van der Waals surface area (Å²) < 4.78 is 0. The molecule has 2 heterocycles. The number of pyridine rings is 1. The van der Waals surface area contributed by atoms with Crippen molar-refractivity contribution in [3.8, 4) is 0 Å². The first-order valence-corrected chi connectivity index (χ1v) is 6.53. The number of benzene rings is 1. The van der Waals surface area contributed by atoms with E-state index in [1.165, 1.54) is 6.07 Å². The van der Waals surface area contributed by atoms with Gasteiger partial charge in [-0.15, -0.1) is 0 Å². The van der Waals surface area contributed by atoms with Crippen LogP contribution < -0.4 is 5.32 Å². The molecule has 3 rings (SSSR count). The lowest BCUT2D eigenvalue weighted by atomic mass is 9.92. The number of piperidine rings is 1. The standard InChI is InChI=1S/C15H12N2O4/c18-13-6-5-9(14(19)17-13)12-7-10(15(20)21)8-3-1-2-4-11(8)16-12/h1-4,7,9H,5-6H2,(H,20,21)(H,17,18,19). The van der Waals surface area contributed by atoms with Crippen molar-refractivity contribution in [1.29, 1.82) is 0 Å². The Morgan fingerprint density at radius 1 is 1.29 bits per heavy atom. The van der Waals surface area contributed by atoms with E-state index in [0.29, 0.717) is 23.0 Å². The van der Waals surface area contributed by atoms with Gasteiger partial charge in [0.1, 0.15) is 0 Å². The maximum absolute atomic E-state index is 11.9. The Morgan fingerprint density at radius 2 is 2.05 bits per heavy atom. The van der Waals surface area contributed by atoms with Gasteiger partial charge in [0.15, 0.2) is 0 Å². The summed E-state index contributed by atoms with van der Waals surface area (Å²) in [6, 6.07) is 8.30. The minimum absolute atomic E-state index is 0.111. The van der Waals surface area contributed by atoms with Gasteiger partial charge in [-0.2, -0.15) is 0 Å². The first kappa shape index (κ1) is 13.2. The molecular formula is C15H12N2O4. The molecule has 6 nitrogen and oxygen atoms in total. The van der Waals surface area contributed by atoms with E-state index in [0.717, 1.165) is 0 Å². The van der Waals surface area contributed by atoms with Crippen molar-refractivity contribution in [3.63, 3.8) is 0 Å². The Morgan fingerprint density at radius 3 is 2.76 bits per heavy atom.